The molecule has 1 amide bonds. The highest BCUT2D eigenvalue weighted by molar-refractivity contribution is 5.94. The van der Waals surface area contributed by atoms with Crippen molar-refractivity contribution in [1.29, 1.82) is 0 Å². The Morgan fingerprint density at radius 2 is 1.45 bits per heavy atom. The Kier molecular flexibility index (Phi) is 14.2. The predicted molar refractivity (Wildman–Crippen MR) is 245 cm³/mol. The number of hydrogen-bond acceptors (Lipinski definition) is 10. The van der Waals surface area contributed by atoms with Gasteiger partial charge >= 0.3 is 5.97 Å². The van der Waals surface area contributed by atoms with E-state index in [9.17, 15) is 29.7 Å². The van der Waals surface area contributed by atoms with Crippen molar-refractivity contribution in [1.82, 2.24) is 20.1 Å². The molecule has 2 unspecified atom stereocenters. The Morgan fingerprint density at radius 3 is 2.19 bits per heavy atom. The van der Waals surface area contributed by atoms with Crippen LogP contribution in [0.2, 0.25) is 0 Å². The van der Waals surface area contributed by atoms with Crippen LogP contribution in [-0.2, 0) is 28.3 Å². The average Bonchev–Trinajstić information content (AvgIpc) is 3.34. The number of aromatic amines is 1. The molecule has 332 valence electrons. The first-order valence-electron chi connectivity index (χ1n) is 22.2. The number of aromatic nitrogens is 1. The van der Waals surface area contributed by atoms with Crippen molar-refractivity contribution >= 4 is 22.8 Å². The number of aliphatic hydroxyl groups is 2. The number of nitrogens with one attached hydrogen (secondary N) is 2. The topological polar surface area (TPSA) is 165 Å². The monoisotopic (exact) mass is 864 g/mol. The molecular formula is C52H56N4O8. The molecule has 0 bridgehead atoms. The van der Waals surface area contributed by atoms with Crippen molar-refractivity contribution in [3.05, 3.63) is 177 Å². The summed E-state index contributed by atoms with van der Waals surface area (Å²) in [5, 5.41) is 37.3. The van der Waals surface area contributed by atoms with Gasteiger partial charge in [0.05, 0.1) is 18.2 Å². The molecule has 6 aromatic rings. The minimum atomic E-state index is -2.04. The Hall–Kier alpha value is -6.31. The molecule has 0 radical (unpaired) electrons. The van der Waals surface area contributed by atoms with Crippen LogP contribution in [0.25, 0.3) is 10.9 Å². The average molecular weight is 865 g/mol. The van der Waals surface area contributed by atoms with Gasteiger partial charge in [0.15, 0.2) is 0 Å². The van der Waals surface area contributed by atoms with Gasteiger partial charge in [0, 0.05) is 48.8 Å². The molecule has 0 spiro atoms. The summed E-state index contributed by atoms with van der Waals surface area (Å²) in [6.45, 7) is 5.43. The third-order valence-electron chi connectivity index (χ3n) is 12.7. The number of fused-ring (bicyclic) bond motifs is 1. The number of piperidine rings is 2. The Labute approximate surface area is 373 Å². The van der Waals surface area contributed by atoms with E-state index in [1.54, 1.807) is 60.7 Å². The van der Waals surface area contributed by atoms with Gasteiger partial charge in [-0.15, -0.1) is 0 Å². The van der Waals surface area contributed by atoms with Gasteiger partial charge in [-0.2, -0.15) is 0 Å². The zero-order valence-electron chi connectivity index (χ0n) is 35.9. The van der Waals surface area contributed by atoms with Crippen molar-refractivity contribution in [2.24, 2.45) is 11.8 Å². The maximum atomic E-state index is 13.9. The summed E-state index contributed by atoms with van der Waals surface area (Å²) in [4.78, 5) is 46.1. The second-order valence-electron chi connectivity index (χ2n) is 17.1. The van der Waals surface area contributed by atoms with Crippen LogP contribution in [-0.4, -0.2) is 87.9 Å². The number of ether oxygens (including phenoxy) is 2. The number of hydrogen-bond donors (Lipinski definition) is 5. The first-order valence-corrected chi connectivity index (χ1v) is 22.2. The minimum absolute atomic E-state index is 0.0279. The van der Waals surface area contributed by atoms with Gasteiger partial charge in [-0.1, -0.05) is 91.0 Å². The fourth-order valence-corrected chi connectivity index (χ4v) is 8.86. The van der Waals surface area contributed by atoms with Crippen LogP contribution in [0.3, 0.4) is 0 Å². The van der Waals surface area contributed by atoms with Crippen molar-refractivity contribution in [3.63, 3.8) is 0 Å². The van der Waals surface area contributed by atoms with Gasteiger partial charge in [-0.25, -0.2) is 4.79 Å². The van der Waals surface area contributed by atoms with E-state index in [1.165, 1.54) is 17.7 Å². The first-order chi connectivity index (χ1) is 31.1. The summed E-state index contributed by atoms with van der Waals surface area (Å²) in [7, 11) is 0. The van der Waals surface area contributed by atoms with E-state index in [0.29, 0.717) is 71.0 Å². The molecule has 3 heterocycles. The number of carbonyl (C=O) groups excluding carboxylic acids is 2. The first kappa shape index (κ1) is 44.3. The fourth-order valence-electron chi connectivity index (χ4n) is 8.86. The molecule has 5 aromatic carbocycles. The number of H-pyrrole nitrogens is 1. The largest absolute Gasteiger partial charge is 0.506 e. The van der Waals surface area contributed by atoms with E-state index in [0.717, 1.165) is 50.9 Å². The lowest BCUT2D eigenvalue weighted by molar-refractivity contribution is -0.164. The van der Waals surface area contributed by atoms with Gasteiger partial charge in [0.1, 0.15) is 18.1 Å². The number of phenolic OH excluding ortho intramolecular Hbond substituents is 1. The number of aromatic hydroxyl groups is 1. The van der Waals surface area contributed by atoms with Crippen LogP contribution < -0.4 is 15.6 Å². The lowest BCUT2D eigenvalue weighted by Crippen LogP contribution is -2.41. The normalized spacial score (nSPS) is 16.6. The minimum Gasteiger partial charge on any atom is -0.506 e. The van der Waals surface area contributed by atoms with Crippen molar-refractivity contribution in [3.8, 4) is 11.5 Å². The van der Waals surface area contributed by atoms with Crippen molar-refractivity contribution < 1.29 is 34.4 Å². The molecule has 0 saturated carbocycles. The number of amides is 1. The van der Waals surface area contributed by atoms with Crippen LogP contribution in [0, 0.1) is 11.8 Å². The highest BCUT2D eigenvalue weighted by atomic mass is 16.5. The SMILES string of the molecule is O=C(c1ccc(COc2cccc(C(O)(C(=O)OCC3CCN(Cc4ccccc4)CC3)c3ccccc3)c2)cc1)N1CCC(CNCC(O)c2ccc(O)c3[nH]c(=O)ccc23)CC1. The Morgan fingerprint density at radius 1 is 0.766 bits per heavy atom. The molecule has 2 aliphatic rings. The molecular weight excluding hydrogens is 809 g/mol. The smallest absolute Gasteiger partial charge is 0.347 e. The highest BCUT2D eigenvalue weighted by Gasteiger charge is 2.42. The standard InChI is InChI=1S/C52H56N4O8/c57-46-20-18-44(45-19-21-48(59)54-49(45)46)47(58)32-53-31-36-24-28-56(29-25-36)50(60)40-16-14-38(15-17-40)34-63-43-13-7-12-42(30-43)52(62,41-10-5-2-6-11-41)51(61)64-35-39-22-26-55(27-23-39)33-37-8-3-1-4-9-37/h1-21,30,36,39,47,53,57-58,62H,22-29,31-35H2,(H,54,59). The molecule has 64 heavy (non-hydrogen) atoms. The van der Waals surface area contributed by atoms with E-state index in [-0.39, 0.29) is 36.3 Å². The molecule has 12 nitrogen and oxygen atoms in total. The van der Waals surface area contributed by atoms with E-state index < -0.39 is 17.7 Å². The van der Waals surface area contributed by atoms with Crippen LogP contribution >= 0.6 is 0 Å². The lowest BCUT2D eigenvalue weighted by Gasteiger charge is -2.33. The maximum absolute atomic E-state index is 13.9. The third kappa shape index (κ3) is 10.5. The number of nitrogens with zero attached hydrogens (tertiary/aromatic N) is 2. The molecule has 5 N–H and O–H groups in total. The second-order valence-corrected chi connectivity index (χ2v) is 17.1. The summed E-state index contributed by atoms with van der Waals surface area (Å²) >= 11 is 0. The number of pyridine rings is 1. The number of likely N-dealkylation sites (tertiary alicyclic amines) is 2. The Balaban J connectivity index is 0.807. The van der Waals surface area contributed by atoms with Crippen LogP contribution in [0.5, 0.6) is 11.5 Å². The molecule has 2 aliphatic heterocycles. The summed E-state index contributed by atoms with van der Waals surface area (Å²) < 4.78 is 12.1. The number of phenols is 1. The van der Waals surface area contributed by atoms with Crippen LogP contribution in [0.1, 0.15) is 70.0 Å². The van der Waals surface area contributed by atoms with Crippen LogP contribution in [0.15, 0.2) is 138 Å². The van der Waals surface area contributed by atoms with Crippen molar-refractivity contribution in [2.75, 3.05) is 45.9 Å². The summed E-state index contributed by atoms with van der Waals surface area (Å²) in [5.41, 5.74) is 2.04. The number of benzene rings is 5. The maximum Gasteiger partial charge on any atom is 0.347 e. The van der Waals surface area contributed by atoms with Gasteiger partial charge in [0.25, 0.3) is 5.91 Å². The summed E-state index contributed by atoms with van der Waals surface area (Å²) in [6.07, 6.45) is 2.64. The molecule has 2 atom stereocenters. The van der Waals surface area contributed by atoms with Gasteiger partial charge in [0.2, 0.25) is 11.2 Å². The van der Waals surface area contributed by atoms with E-state index in [2.05, 4.69) is 39.5 Å². The quantitative estimate of drug-likeness (QED) is 0.0664. The second kappa shape index (κ2) is 20.5. The molecule has 0 aliphatic carbocycles. The van der Waals surface area contributed by atoms with E-state index >= 15 is 0 Å². The molecule has 12 heteroatoms. The van der Waals surface area contributed by atoms with Gasteiger partial charge in [-0.05, 0) is 116 Å². The lowest BCUT2D eigenvalue weighted by atomic mass is 9.86. The number of carbonyl (C=O) groups is 2. The van der Waals surface area contributed by atoms with Crippen LogP contribution in [0.4, 0.5) is 0 Å². The highest BCUT2D eigenvalue weighted by Crippen LogP contribution is 2.34. The number of rotatable bonds is 16. The zero-order chi connectivity index (χ0) is 44.5. The zero-order valence-corrected chi connectivity index (χ0v) is 35.9. The van der Waals surface area contributed by atoms with E-state index in [1.807, 2.05) is 41.3 Å². The van der Waals surface area contributed by atoms with Crippen molar-refractivity contribution in [2.45, 2.75) is 50.5 Å². The predicted octanol–water partition coefficient (Wildman–Crippen LogP) is 6.68. The number of esters is 1. The molecule has 2 fully saturated rings. The number of aliphatic hydroxyl groups excluding tert-OH is 1. The Bertz CT molecular complexity index is 2550. The van der Waals surface area contributed by atoms with Gasteiger partial charge in [-0.3, -0.25) is 14.5 Å². The van der Waals surface area contributed by atoms with E-state index in [4.69, 9.17) is 9.47 Å². The van der Waals surface area contributed by atoms with Gasteiger partial charge < -0.3 is 40.0 Å². The summed E-state index contributed by atoms with van der Waals surface area (Å²) in [6, 6.07) is 39.7. The summed E-state index contributed by atoms with van der Waals surface area (Å²) in [5.74, 6) is 0.229. The third-order valence-corrected chi connectivity index (χ3v) is 12.7. The molecule has 1 aromatic heterocycles. The molecule has 8 rings (SSSR count). The molecule has 2 saturated heterocycles. The fraction of sp³-hybridized carbons (Fsp3) is 0.327.